The van der Waals surface area contributed by atoms with Crippen LogP contribution in [-0.4, -0.2) is 82.7 Å². The van der Waals surface area contributed by atoms with Gasteiger partial charge in [-0.2, -0.15) is 18.3 Å². The number of halogens is 6. The Bertz CT molecular complexity index is 1440. The van der Waals surface area contributed by atoms with Crippen LogP contribution in [0.15, 0.2) is 36.7 Å². The van der Waals surface area contributed by atoms with E-state index in [0.717, 1.165) is 33.3 Å². The van der Waals surface area contributed by atoms with E-state index in [-0.39, 0.29) is 13.1 Å². The average Bonchev–Trinajstić information content (AvgIpc) is 3.39. The predicted molar refractivity (Wildman–Crippen MR) is 149 cm³/mol. The topological polar surface area (TPSA) is 77.7 Å². The minimum Gasteiger partial charge on any atom is -0.478 e. The van der Waals surface area contributed by atoms with Gasteiger partial charge in [-0.1, -0.05) is 17.7 Å². The molecular formula is C28H30ClF5N6O2. The summed E-state index contributed by atoms with van der Waals surface area (Å²) in [6.07, 6.45) is -3.29. The Kier molecular flexibility index (Phi) is 8.61. The van der Waals surface area contributed by atoms with Crippen LogP contribution in [-0.2, 0) is 0 Å². The molecule has 2 saturated heterocycles. The number of aromatic nitrogens is 3. The maximum Gasteiger partial charge on any atom is 0.401 e. The van der Waals surface area contributed by atoms with Crippen molar-refractivity contribution in [3.63, 3.8) is 0 Å². The van der Waals surface area contributed by atoms with Gasteiger partial charge in [0.1, 0.15) is 17.1 Å². The molecule has 4 heterocycles. The highest BCUT2D eigenvalue weighted by Gasteiger charge is 2.33. The van der Waals surface area contributed by atoms with Crippen molar-refractivity contribution < 1.29 is 31.9 Å². The standard InChI is InChI=1S/C28H30ClF5N6O2/c1-17-11-24(38-9-7-37(8-10-38)16-28(32,33)34)35-13-21(17)20-5-4-18(29)12-23(20)39-6-2-3-19(15-39)40-25(26(30)31)22(14-36-40)27(41)42/h4-5,11-14,19,26H,2-3,6-10,15-16H2,1H3,(H,41,42). The first-order chi connectivity index (χ1) is 19.9. The molecular weight excluding hydrogens is 583 g/mol. The van der Waals surface area contributed by atoms with E-state index in [1.165, 1.54) is 4.90 Å². The van der Waals surface area contributed by atoms with Gasteiger partial charge in [-0.3, -0.25) is 9.58 Å². The number of alkyl halides is 5. The summed E-state index contributed by atoms with van der Waals surface area (Å²) in [6.45, 7) is 3.40. The normalized spacial score (nSPS) is 18.6. The Hall–Kier alpha value is -3.45. The van der Waals surface area contributed by atoms with Crippen molar-refractivity contribution in [3.05, 3.63) is 58.5 Å². The molecule has 2 aliphatic heterocycles. The van der Waals surface area contributed by atoms with Gasteiger partial charge in [-0.05, 0) is 43.5 Å². The number of pyridine rings is 1. The number of nitrogens with zero attached hydrogens (tertiary/aromatic N) is 6. The monoisotopic (exact) mass is 612 g/mol. The lowest BCUT2D eigenvalue weighted by atomic mass is 9.97. The van der Waals surface area contributed by atoms with E-state index >= 15 is 0 Å². The predicted octanol–water partition coefficient (Wildman–Crippen LogP) is 6.07. The summed E-state index contributed by atoms with van der Waals surface area (Å²) in [4.78, 5) is 21.5. The molecule has 42 heavy (non-hydrogen) atoms. The zero-order chi connectivity index (χ0) is 30.2. The summed E-state index contributed by atoms with van der Waals surface area (Å²) in [6, 6.07) is 6.89. The number of rotatable bonds is 7. The zero-order valence-electron chi connectivity index (χ0n) is 22.8. The van der Waals surface area contributed by atoms with Crippen LogP contribution in [0.1, 0.15) is 46.9 Å². The van der Waals surface area contributed by atoms with Gasteiger partial charge in [0.25, 0.3) is 6.43 Å². The molecule has 226 valence electrons. The molecule has 5 rings (SSSR count). The van der Waals surface area contributed by atoms with E-state index in [2.05, 4.69) is 10.1 Å². The third-order valence-electron chi connectivity index (χ3n) is 7.80. The Morgan fingerprint density at radius 2 is 1.81 bits per heavy atom. The smallest absolute Gasteiger partial charge is 0.401 e. The van der Waals surface area contributed by atoms with Gasteiger partial charge >= 0.3 is 12.1 Å². The number of carboxylic acids is 1. The van der Waals surface area contributed by atoms with Crippen LogP contribution in [0.4, 0.5) is 33.5 Å². The first-order valence-corrected chi connectivity index (χ1v) is 13.9. The Balaban J connectivity index is 1.38. The van der Waals surface area contributed by atoms with Crippen LogP contribution in [0.2, 0.25) is 5.02 Å². The molecule has 2 aromatic heterocycles. The van der Waals surface area contributed by atoms with Crippen LogP contribution in [0.25, 0.3) is 11.1 Å². The highest BCUT2D eigenvalue weighted by atomic mass is 35.5. The number of piperidine rings is 1. The Labute approximate surface area is 244 Å². The molecule has 0 radical (unpaired) electrons. The maximum atomic E-state index is 13.9. The van der Waals surface area contributed by atoms with Crippen molar-refractivity contribution in [3.8, 4) is 11.1 Å². The number of anilines is 2. The SMILES string of the molecule is Cc1cc(N2CCN(CC(F)(F)F)CC2)ncc1-c1ccc(Cl)cc1N1CCCC(n2ncc(C(=O)O)c2C(F)F)C1. The molecule has 0 saturated carbocycles. The van der Waals surface area contributed by atoms with Crippen LogP contribution in [0.5, 0.6) is 0 Å². The summed E-state index contributed by atoms with van der Waals surface area (Å²) in [5.74, 6) is -0.764. The van der Waals surface area contributed by atoms with Crippen LogP contribution >= 0.6 is 11.6 Å². The zero-order valence-corrected chi connectivity index (χ0v) is 23.5. The summed E-state index contributed by atoms with van der Waals surface area (Å²) in [5.41, 5.74) is 2.27. The number of carboxylic acid groups (broad SMARTS) is 1. The summed E-state index contributed by atoms with van der Waals surface area (Å²) < 4.78 is 67.2. The third kappa shape index (κ3) is 6.46. The second-order valence-corrected chi connectivity index (χ2v) is 11.1. The van der Waals surface area contributed by atoms with Gasteiger partial charge in [0.15, 0.2) is 0 Å². The van der Waals surface area contributed by atoms with Crippen LogP contribution in [0, 0.1) is 6.92 Å². The molecule has 14 heteroatoms. The molecule has 2 fully saturated rings. The van der Waals surface area contributed by atoms with Gasteiger partial charge in [0, 0.05) is 67.3 Å². The van der Waals surface area contributed by atoms with Gasteiger partial charge in [0.2, 0.25) is 0 Å². The molecule has 1 unspecified atom stereocenters. The van der Waals surface area contributed by atoms with Crippen LogP contribution < -0.4 is 9.80 Å². The molecule has 8 nitrogen and oxygen atoms in total. The van der Waals surface area contributed by atoms with Crippen molar-refractivity contribution in [2.45, 2.75) is 38.4 Å². The van der Waals surface area contributed by atoms with Gasteiger partial charge < -0.3 is 14.9 Å². The lowest BCUT2D eigenvalue weighted by Crippen LogP contribution is -2.49. The van der Waals surface area contributed by atoms with E-state index in [0.29, 0.717) is 49.9 Å². The molecule has 3 aromatic rings. The summed E-state index contributed by atoms with van der Waals surface area (Å²) in [7, 11) is 0. The van der Waals surface area contributed by atoms with E-state index in [1.54, 1.807) is 12.3 Å². The highest BCUT2D eigenvalue weighted by Crippen LogP contribution is 2.39. The largest absolute Gasteiger partial charge is 0.478 e. The number of hydrogen-bond acceptors (Lipinski definition) is 6. The Morgan fingerprint density at radius 3 is 2.45 bits per heavy atom. The lowest BCUT2D eigenvalue weighted by Gasteiger charge is -2.37. The second kappa shape index (κ2) is 12.0. The first kappa shape index (κ1) is 30.0. The number of hydrogen-bond donors (Lipinski definition) is 1. The van der Waals surface area contributed by atoms with Crippen molar-refractivity contribution in [1.82, 2.24) is 19.7 Å². The Morgan fingerprint density at radius 1 is 1.07 bits per heavy atom. The van der Waals surface area contributed by atoms with Gasteiger partial charge in [-0.15, -0.1) is 0 Å². The molecule has 1 N–H and O–H groups in total. The molecule has 2 aliphatic rings. The average molecular weight is 613 g/mol. The summed E-state index contributed by atoms with van der Waals surface area (Å²) >= 11 is 6.39. The van der Waals surface area contributed by atoms with Crippen molar-refractivity contribution in [1.29, 1.82) is 0 Å². The number of aryl methyl sites for hydroxylation is 1. The minimum atomic E-state index is -4.23. The fraction of sp³-hybridized carbons (Fsp3) is 0.464. The van der Waals surface area contributed by atoms with E-state index in [4.69, 9.17) is 11.6 Å². The number of benzene rings is 1. The minimum absolute atomic E-state index is 0.289. The molecule has 0 bridgehead atoms. The van der Waals surface area contributed by atoms with E-state index < -0.39 is 42.4 Å². The fourth-order valence-corrected chi connectivity index (χ4v) is 5.96. The fourth-order valence-electron chi connectivity index (χ4n) is 5.80. The number of piperazine rings is 1. The van der Waals surface area contributed by atoms with E-state index in [1.807, 2.05) is 34.9 Å². The highest BCUT2D eigenvalue weighted by molar-refractivity contribution is 6.31. The van der Waals surface area contributed by atoms with E-state index in [9.17, 15) is 31.9 Å². The lowest BCUT2D eigenvalue weighted by molar-refractivity contribution is -0.146. The van der Waals surface area contributed by atoms with Crippen molar-refractivity contribution in [2.75, 3.05) is 55.6 Å². The molecule has 1 atom stereocenters. The molecule has 0 spiro atoms. The van der Waals surface area contributed by atoms with Gasteiger partial charge in [0.05, 0.1) is 18.8 Å². The third-order valence-corrected chi connectivity index (χ3v) is 8.03. The molecule has 1 aromatic carbocycles. The van der Waals surface area contributed by atoms with Gasteiger partial charge in [-0.25, -0.2) is 18.6 Å². The molecule has 0 aliphatic carbocycles. The molecule has 0 amide bonds. The maximum absolute atomic E-state index is 13.9. The number of aromatic carboxylic acids is 1. The first-order valence-electron chi connectivity index (χ1n) is 13.6. The van der Waals surface area contributed by atoms with Crippen molar-refractivity contribution in [2.24, 2.45) is 0 Å². The quantitative estimate of drug-likeness (QED) is 0.325. The number of carbonyl (C=O) groups is 1. The van der Waals surface area contributed by atoms with Crippen LogP contribution in [0.3, 0.4) is 0 Å². The summed E-state index contributed by atoms with van der Waals surface area (Å²) in [5, 5.41) is 13.9. The second-order valence-electron chi connectivity index (χ2n) is 10.6. The van der Waals surface area contributed by atoms with Crippen molar-refractivity contribution >= 4 is 29.1 Å².